The molecular formula is C47H56O2. The molecule has 0 N–H and O–H groups in total. The Morgan fingerprint density at radius 1 is 0.469 bits per heavy atom. The lowest BCUT2D eigenvalue weighted by Gasteiger charge is -2.32. The lowest BCUT2D eigenvalue weighted by Crippen LogP contribution is -2.31. The number of rotatable bonds is 12. The van der Waals surface area contributed by atoms with Crippen LogP contribution in [0.2, 0.25) is 0 Å². The van der Waals surface area contributed by atoms with Gasteiger partial charge in [-0.05, 0) is 104 Å². The number of ketones is 2. The Kier molecular flexibility index (Phi) is 11.7. The fourth-order valence-electron chi connectivity index (χ4n) is 8.35. The van der Waals surface area contributed by atoms with Crippen molar-refractivity contribution >= 4 is 11.6 Å². The van der Waals surface area contributed by atoms with Crippen LogP contribution in [-0.2, 0) is 22.4 Å². The Morgan fingerprint density at radius 2 is 0.755 bits per heavy atom. The summed E-state index contributed by atoms with van der Waals surface area (Å²) < 4.78 is 0. The van der Waals surface area contributed by atoms with E-state index in [0.717, 1.165) is 75.3 Å². The maximum absolute atomic E-state index is 14.6. The van der Waals surface area contributed by atoms with Gasteiger partial charge in [-0.2, -0.15) is 0 Å². The molecule has 0 aromatic heterocycles. The summed E-state index contributed by atoms with van der Waals surface area (Å²) in [6.07, 6.45) is 10.6. The molecule has 0 radical (unpaired) electrons. The molecular weight excluding hydrogens is 597 g/mol. The van der Waals surface area contributed by atoms with E-state index in [9.17, 15) is 9.59 Å². The van der Waals surface area contributed by atoms with Gasteiger partial charge >= 0.3 is 0 Å². The van der Waals surface area contributed by atoms with Crippen molar-refractivity contribution in [3.63, 3.8) is 0 Å². The van der Waals surface area contributed by atoms with Crippen LogP contribution in [0.4, 0.5) is 0 Å². The molecule has 2 aliphatic rings. The Morgan fingerprint density at radius 3 is 1.06 bits per heavy atom. The van der Waals surface area contributed by atoms with Gasteiger partial charge in [0, 0.05) is 23.7 Å². The average Bonchev–Trinajstić information content (AvgIpc) is 3.12. The van der Waals surface area contributed by atoms with Crippen LogP contribution in [0.15, 0.2) is 97.1 Å². The van der Waals surface area contributed by atoms with Crippen molar-refractivity contribution in [2.24, 2.45) is 23.7 Å². The van der Waals surface area contributed by atoms with Crippen molar-refractivity contribution in [1.82, 2.24) is 0 Å². The summed E-state index contributed by atoms with van der Waals surface area (Å²) in [6, 6.07) is 35.1. The summed E-state index contributed by atoms with van der Waals surface area (Å²) in [7, 11) is 0. The molecule has 6 rings (SSSR count). The topological polar surface area (TPSA) is 34.1 Å². The molecule has 2 aliphatic carbocycles. The zero-order valence-corrected chi connectivity index (χ0v) is 30.3. The number of hydrogen-bond donors (Lipinski definition) is 0. The van der Waals surface area contributed by atoms with Crippen LogP contribution < -0.4 is 0 Å². The van der Waals surface area contributed by atoms with Crippen molar-refractivity contribution in [3.8, 4) is 0 Å². The first-order valence-electron chi connectivity index (χ1n) is 19.1. The summed E-state index contributed by atoms with van der Waals surface area (Å²) in [6.45, 7) is 8.87. The number of aryl methyl sites for hydroxylation is 2. The molecule has 49 heavy (non-hydrogen) atoms. The molecule has 0 heterocycles. The van der Waals surface area contributed by atoms with Crippen LogP contribution in [0.5, 0.6) is 0 Å². The van der Waals surface area contributed by atoms with E-state index in [1.54, 1.807) is 0 Å². The molecule has 4 aromatic carbocycles. The van der Waals surface area contributed by atoms with E-state index in [4.69, 9.17) is 0 Å². The van der Waals surface area contributed by atoms with Crippen LogP contribution in [0, 0.1) is 37.5 Å². The fraction of sp³-hybridized carbons (Fsp3) is 0.447. The molecule has 0 bridgehead atoms. The third-order valence-corrected chi connectivity index (χ3v) is 11.8. The van der Waals surface area contributed by atoms with Gasteiger partial charge in [0.2, 0.25) is 0 Å². The van der Waals surface area contributed by atoms with Crippen molar-refractivity contribution in [2.75, 3.05) is 0 Å². The predicted octanol–water partition coefficient (Wildman–Crippen LogP) is 11.5. The fourth-order valence-corrected chi connectivity index (χ4v) is 8.35. The zero-order valence-electron chi connectivity index (χ0n) is 30.3. The lowest BCUT2D eigenvalue weighted by atomic mass is 9.70. The van der Waals surface area contributed by atoms with E-state index in [0.29, 0.717) is 29.8 Å². The predicted molar refractivity (Wildman–Crippen MR) is 203 cm³/mol. The highest BCUT2D eigenvalue weighted by atomic mass is 16.1. The van der Waals surface area contributed by atoms with Crippen molar-refractivity contribution in [3.05, 3.63) is 142 Å². The van der Waals surface area contributed by atoms with Gasteiger partial charge < -0.3 is 0 Å². The average molecular weight is 653 g/mol. The van der Waals surface area contributed by atoms with E-state index >= 15 is 0 Å². The molecule has 4 aromatic rings. The highest BCUT2D eigenvalue weighted by Crippen LogP contribution is 2.41. The molecule has 2 fully saturated rings. The normalized spacial score (nSPS) is 22.3. The van der Waals surface area contributed by atoms with Gasteiger partial charge in [0.05, 0.1) is 0 Å². The summed E-state index contributed by atoms with van der Waals surface area (Å²) in [5.74, 6) is 1.67. The lowest BCUT2D eigenvalue weighted by molar-refractivity contribution is -0.127. The minimum atomic E-state index is -0.282. The number of carbonyl (C=O) groups is 2. The van der Waals surface area contributed by atoms with Gasteiger partial charge in [-0.15, -0.1) is 0 Å². The number of carbonyl (C=O) groups excluding carboxylic acids is 2. The summed E-state index contributed by atoms with van der Waals surface area (Å²) in [4.78, 5) is 29.2. The Hall–Kier alpha value is -3.78. The van der Waals surface area contributed by atoms with Crippen LogP contribution in [-0.4, -0.2) is 11.6 Å². The van der Waals surface area contributed by atoms with Gasteiger partial charge in [0.25, 0.3) is 0 Å². The molecule has 2 nitrogen and oxygen atoms in total. The summed E-state index contributed by atoms with van der Waals surface area (Å²) >= 11 is 0. The van der Waals surface area contributed by atoms with Gasteiger partial charge in [0.15, 0.2) is 0 Å². The second-order valence-corrected chi connectivity index (χ2v) is 15.9. The summed E-state index contributed by atoms with van der Waals surface area (Å²) in [5.41, 5.74) is 9.76. The largest absolute Gasteiger partial charge is 0.299 e. The van der Waals surface area contributed by atoms with E-state index in [2.05, 4.69) is 125 Å². The standard InChI is InChI=1S/C47H56O2/c1-32-5-13-36(14-6-32)29-38-17-25-40(26-18-38)44(46(48)42-21-9-34(3)10-22-42)31-45(47(49)43-23-11-35(4)12-24-43)41-27-19-39(20-28-41)30-37-15-7-33(2)8-16-37/h5-8,13-20,25-28,34-35,42-45H,9-12,21-24,29-31H2,1-4H3. The Bertz CT molecular complexity index is 1520. The van der Waals surface area contributed by atoms with Gasteiger partial charge in [-0.25, -0.2) is 0 Å². The minimum absolute atomic E-state index is 0.0802. The molecule has 2 unspecified atom stereocenters. The maximum atomic E-state index is 14.6. The molecule has 2 saturated carbocycles. The molecule has 0 spiro atoms. The van der Waals surface area contributed by atoms with Crippen LogP contribution >= 0.6 is 0 Å². The maximum Gasteiger partial charge on any atom is 0.143 e. The molecule has 2 heteroatoms. The van der Waals surface area contributed by atoms with Gasteiger partial charge in [-0.3, -0.25) is 9.59 Å². The van der Waals surface area contributed by atoms with Crippen LogP contribution in [0.1, 0.15) is 128 Å². The third kappa shape index (κ3) is 9.27. The second kappa shape index (κ2) is 16.3. The SMILES string of the molecule is Cc1ccc(Cc2ccc(C(CC(C(=O)C3CCC(C)CC3)c3ccc(Cc4ccc(C)cc4)cc3)C(=O)C3CCC(C)CC3)cc2)cc1. The quantitative estimate of drug-likeness (QED) is 0.153. The first-order valence-corrected chi connectivity index (χ1v) is 19.1. The number of hydrogen-bond acceptors (Lipinski definition) is 2. The molecule has 0 amide bonds. The molecule has 2 atom stereocenters. The van der Waals surface area contributed by atoms with E-state index in [-0.39, 0.29) is 23.7 Å². The van der Waals surface area contributed by atoms with Crippen LogP contribution in [0.25, 0.3) is 0 Å². The first-order chi connectivity index (χ1) is 23.7. The van der Waals surface area contributed by atoms with E-state index in [1.165, 1.54) is 33.4 Å². The minimum Gasteiger partial charge on any atom is -0.299 e. The number of benzene rings is 4. The monoisotopic (exact) mass is 652 g/mol. The first kappa shape index (κ1) is 35.1. The Labute approximate surface area is 295 Å². The third-order valence-electron chi connectivity index (χ3n) is 11.8. The highest BCUT2D eigenvalue weighted by Gasteiger charge is 2.37. The zero-order chi connectivity index (χ0) is 34.3. The van der Waals surface area contributed by atoms with Crippen molar-refractivity contribution < 1.29 is 9.59 Å². The van der Waals surface area contributed by atoms with E-state index in [1.807, 2.05) is 0 Å². The second-order valence-electron chi connectivity index (χ2n) is 15.9. The number of Topliss-reactive ketones (excluding diaryl/α,β-unsaturated/α-hetero) is 2. The van der Waals surface area contributed by atoms with Gasteiger partial charge in [-0.1, -0.05) is 148 Å². The molecule has 256 valence electrons. The smallest absolute Gasteiger partial charge is 0.143 e. The molecule has 0 aliphatic heterocycles. The van der Waals surface area contributed by atoms with E-state index < -0.39 is 0 Å². The van der Waals surface area contributed by atoms with Crippen molar-refractivity contribution in [2.45, 2.75) is 110 Å². The van der Waals surface area contributed by atoms with Crippen molar-refractivity contribution in [1.29, 1.82) is 0 Å². The Balaban J connectivity index is 1.29. The van der Waals surface area contributed by atoms with Crippen LogP contribution in [0.3, 0.4) is 0 Å². The molecule has 0 saturated heterocycles. The summed E-state index contributed by atoms with van der Waals surface area (Å²) in [5, 5.41) is 0. The highest BCUT2D eigenvalue weighted by molar-refractivity contribution is 5.92. The van der Waals surface area contributed by atoms with Gasteiger partial charge in [0.1, 0.15) is 11.6 Å².